The van der Waals surface area contributed by atoms with Crippen molar-refractivity contribution < 1.29 is 24.2 Å². The van der Waals surface area contributed by atoms with Crippen LogP contribution in [0.4, 0.5) is 5.69 Å². The first-order valence-electron chi connectivity index (χ1n) is 7.00. The third-order valence-electron chi connectivity index (χ3n) is 4.24. The summed E-state index contributed by atoms with van der Waals surface area (Å²) in [7, 11) is 1.48. The van der Waals surface area contributed by atoms with Gasteiger partial charge in [-0.2, -0.15) is 0 Å². The van der Waals surface area contributed by atoms with Crippen LogP contribution in [0, 0.1) is 0 Å². The molecule has 1 atom stereocenters. The zero-order chi connectivity index (χ0) is 15.9. The molecule has 7 nitrogen and oxygen atoms in total. The lowest BCUT2D eigenvalue weighted by Gasteiger charge is -2.47. The van der Waals surface area contributed by atoms with Gasteiger partial charge in [-0.05, 0) is 12.1 Å². The van der Waals surface area contributed by atoms with Crippen LogP contribution in [0.3, 0.4) is 0 Å². The highest BCUT2D eigenvalue weighted by Crippen LogP contribution is 2.44. The van der Waals surface area contributed by atoms with E-state index < -0.39 is 11.6 Å². The highest BCUT2D eigenvalue weighted by Gasteiger charge is 2.61. The standard InChI is InChI=1S/C15H16N2O5/c1-22-9-8-16-13(19)10-4-2-3-5-11(10)17-12(18)6-7-15(16,17)14(20)21/h2-5H,6-9H2,1H3,(H,20,21)/t15-/m1/s1. The van der Waals surface area contributed by atoms with Crippen molar-refractivity contribution in [2.24, 2.45) is 0 Å². The van der Waals surface area contributed by atoms with Crippen LogP contribution in [0.25, 0.3) is 0 Å². The second kappa shape index (κ2) is 5.10. The minimum Gasteiger partial charge on any atom is -0.478 e. The summed E-state index contributed by atoms with van der Waals surface area (Å²) in [5.41, 5.74) is -0.946. The van der Waals surface area contributed by atoms with Gasteiger partial charge in [0.05, 0.1) is 17.9 Å². The van der Waals surface area contributed by atoms with Gasteiger partial charge in [0, 0.05) is 26.5 Å². The minimum atomic E-state index is -1.65. The molecule has 1 N–H and O–H groups in total. The van der Waals surface area contributed by atoms with E-state index in [0.717, 1.165) is 0 Å². The summed E-state index contributed by atoms with van der Waals surface area (Å²) in [4.78, 5) is 39.5. The SMILES string of the molecule is COCCN1C(=O)c2ccccc2N2C(=O)CC[C@@]12C(=O)O. The molecule has 1 aromatic rings. The molecular formula is C15H16N2O5. The van der Waals surface area contributed by atoms with Crippen LogP contribution in [0.1, 0.15) is 23.2 Å². The Bertz CT molecular complexity index is 659. The Morgan fingerprint density at radius 3 is 2.77 bits per heavy atom. The summed E-state index contributed by atoms with van der Waals surface area (Å²) in [6, 6.07) is 6.60. The highest BCUT2D eigenvalue weighted by atomic mass is 16.5. The van der Waals surface area contributed by atoms with E-state index in [4.69, 9.17) is 4.74 Å². The summed E-state index contributed by atoms with van der Waals surface area (Å²) in [5, 5.41) is 9.80. The molecule has 0 aromatic heterocycles. The fourth-order valence-corrected chi connectivity index (χ4v) is 3.25. The average molecular weight is 304 g/mol. The van der Waals surface area contributed by atoms with Crippen LogP contribution < -0.4 is 4.90 Å². The molecule has 116 valence electrons. The number of para-hydroxylation sites is 1. The van der Waals surface area contributed by atoms with E-state index in [2.05, 4.69) is 0 Å². The number of carbonyl (C=O) groups excluding carboxylic acids is 2. The number of aliphatic carboxylic acids is 1. The summed E-state index contributed by atoms with van der Waals surface area (Å²) in [6.45, 7) is 0.310. The predicted molar refractivity (Wildman–Crippen MR) is 76.4 cm³/mol. The number of methoxy groups -OCH3 is 1. The number of hydrogen-bond acceptors (Lipinski definition) is 4. The monoisotopic (exact) mass is 304 g/mol. The number of fused-ring (bicyclic) bond motifs is 3. The Hall–Kier alpha value is -2.41. The zero-order valence-electron chi connectivity index (χ0n) is 12.1. The topological polar surface area (TPSA) is 87.2 Å². The van der Waals surface area contributed by atoms with Gasteiger partial charge in [0.15, 0.2) is 0 Å². The van der Waals surface area contributed by atoms with Crippen molar-refractivity contribution in [3.05, 3.63) is 29.8 Å². The van der Waals surface area contributed by atoms with Crippen LogP contribution >= 0.6 is 0 Å². The van der Waals surface area contributed by atoms with Crippen LogP contribution in [-0.4, -0.2) is 53.7 Å². The summed E-state index contributed by atoms with van der Waals surface area (Å²) in [6.07, 6.45) is 0.169. The van der Waals surface area contributed by atoms with Crippen LogP contribution in [-0.2, 0) is 14.3 Å². The van der Waals surface area contributed by atoms with Gasteiger partial charge in [0.2, 0.25) is 11.6 Å². The minimum absolute atomic E-state index is 0.0744. The maximum Gasteiger partial charge on any atom is 0.351 e. The fourth-order valence-electron chi connectivity index (χ4n) is 3.25. The van der Waals surface area contributed by atoms with E-state index in [1.54, 1.807) is 24.3 Å². The largest absolute Gasteiger partial charge is 0.478 e. The molecule has 7 heteroatoms. The lowest BCUT2D eigenvalue weighted by atomic mass is 9.96. The molecule has 0 saturated carbocycles. The van der Waals surface area contributed by atoms with Crippen molar-refractivity contribution >= 4 is 23.5 Å². The Morgan fingerprint density at radius 1 is 1.36 bits per heavy atom. The molecule has 2 aliphatic rings. The zero-order valence-corrected chi connectivity index (χ0v) is 12.1. The van der Waals surface area contributed by atoms with E-state index in [1.165, 1.54) is 16.9 Å². The summed E-state index contributed by atoms with van der Waals surface area (Å²) < 4.78 is 4.99. The third kappa shape index (κ3) is 1.75. The Balaban J connectivity index is 2.21. The van der Waals surface area contributed by atoms with Crippen molar-refractivity contribution in [3.8, 4) is 0 Å². The second-order valence-corrected chi connectivity index (χ2v) is 5.32. The number of ether oxygens (including phenoxy) is 1. The molecule has 1 saturated heterocycles. The molecule has 0 aliphatic carbocycles. The van der Waals surface area contributed by atoms with E-state index in [-0.39, 0.29) is 37.8 Å². The number of carboxylic acids is 1. The molecule has 1 fully saturated rings. The number of rotatable bonds is 4. The second-order valence-electron chi connectivity index (χ2n) is 5.32. The van der Waals surface area contributed by atoms with E-state index >= 15 is 0 Å². The van der Waals surface area contributed by atoms with Crippen molar-refractivity contribution in [1.82, 2.24) is 4.90 Å². The Kier molecular flexibility index (Phi) is 3.37. The number of carbonyl (C=O) groups is 3. The lowest BCUT2D eigenvalue weighted by molar-refractivity contribution is -0.150. The Labute approximate surface area is 127 Å². The number of hydrogen-bond donors (Lipinski definition) is 1. The van der Waals surface area contributed by atoms with Crippen molar-refractivity contribution in [3.63, 3.8) is 0 Å². The molecule has 1 aromatic carbocycles. The maximum atomic E-state index is 12.8. The number of carboxylic acid groups (broad SMARTS) is 1. The van der Waals surface area contributed by atoms with E-state index in [1.807, 2.05) is 0 Å². The fraction of sp³-hybridized carbons (Fsp3) is 0.400. The van der Waals surface area contributed by atoms with Crippen molar-refractivity contribution in [1.29, 1.82) is 0 Å². The van der Waals surface area contributed by atoms with Gasteiger partial charge in [-0.3, -0.25) is 14.5 Å². The summed E-state index contributed by atoms with van der Waals surface area (Å²) in [5.74, 6) is -1.87. The molecule has 2 amide bonds. The molecule has 0 spiro atoms. The predicted octanol–water partition coefficient (Wildman–Crippen LogP) is 0.696. The van der Waals surface area contributed by atoms with Gasteiger partial charge in [-0.1, -0.05) is 12.1 Å². The number of amides is 2. The van der Waals surface area contributed by atoms with Gasteiger partial charge in [-0.15, -0.1) is 0 Å². The third-order valence-corrected chi connectivity index (χ3v) is 4.24. The van der Waals surface area contributed by atoms with Crippen LogP contribution in [0.2, 0.25) is 0 Å². The first-order chi connectivity index (χ1) is 10.5. The molecule has 0 radical (unpaired) electrons. The average Bonchev–Trinajstić information content (AvgIpc) is 2.86. The molecule has 0 bridgehead atoms. The van der Waals surface area contributed by atoms with Crippen LogP contribution in [0.15, 0.2) is 24.3 Å². The number of benzene rings is 1. The summed E-state index contributed by atoms with van der Waals surface area (Å²) >= 11 is 0. The number of nitrogens with zero attached hydrogens (tertiary/aromatic N) is 2. The molecule has 2 aliphatic heterocycles. The normalized spacial score (nSPS) is 23.5. The van der Waals surface area contributed by atoms with E-state index in [0.29, 0.717) is 11.3 Å². The number of anilines is 1. The van der Waals surface area contributed by atoms with Gasteiger partial charge < -0.3 is 14.7 Å². The smallest absolute Gasteiger partial charge is 0.351 e. The lowest BCUT2D eigenvalue weighted by Crippen LogP contribution is -2.68. The van der Waals surface area contributed by atoms with Crippen molar-refractivity contribution in [2.75, 3.05) is 25.2 Å². The molecular weight excluding hydrogens is 288 g/mol. The molecule has 2 heterocycles. The Morgan fingerprint density at radius 2 is 2.09 bits per heavy atom. The van der Waals surface area contributed by atoms with Gasteiger partial charge in [0.1, 0.15) is 0 Å². The molecule has 22 heavy (non-hydrogen) atoms. The molecule has 3 rings (SSSR count). The first kappa shape index (κ1) is 14.5. The van der Waals surface area contributed by atoms with Crippen molar-refractivity contribution in [2.45, 2.75) is 18.5 Å². The van der Waals surface area contributed by atoms with Crippen LogP contribution in [0.5, 0.6) is 0 Å². The maximum absolute atomic E-state index is 12.8. The van der Waals surface area contributed by atoms with Gasteiger partial charge in [0.25, 0.3) is 5.91 Å². The van der Waals surface area contributed by atoms with E-state index in [9.17, 15) is 19.5 Å². The van der Waals surface area contributed by atoms with Gasteiger partial charge >= 0.3 is 5.97 Å². The quantitative estimate of drug-likeness (QED) is 0.884. The van der Waals surface area contributed by atoms with Gasteiger partial charge in [-0.25, -0.2) is 4.79 Å². The highest BCUT2D eigenvalue weighted by molar-refractivity contribution is 6.15. The molecule has 0 unspecified atom stereocenters. The first-order valence-corrected chi connectivity index (χ1v) is 7.00.